The highest BCUT2D eigenvalue weighted by Crippen LogP contribution is 2.11. The molecule has 0 saturated carbocycles. The summed E-state index contributed by atoms with van der Waals surface area (Å²) in [5, 5.41) is 3.16. The predicted molar refractivity (Wildman–Crippen MR) is 75.8 cm³/mol. The molecule has 0 fully saturated rings. The van der Waals surface area contributed by atoms with Gasteiger partial charge in [0.15, 0.2) is 0 Å². The van der Waals surface area contributed by atoms with Gasteiger partial charge in [-0.05, 0) is 29.4 Å². The van der Waals surface area contributed by atoms with Gasteiger partial charge >= 0.3 is 0 Å². The van der Waals surface area contributed by atoms with Crippen LogP contribution in [0.15, 0.2) is 54.6 Å². The molecule has 0 aliphatic rings. The standard InChI is InChI=1S/C16H14S/c1-14-7-5-6-10-16(14)11-12-17-13-15-8-3-2-4-9-15/h2-10H,13H2,1H3. The van der Waals surface area contributed by atoms with Gasteiger partial charge in [0.2, 0.25) is 0 Å². The van der Waals surface area contributed by atoms with E-state index in [0.717, 1.165) is 11.3 Å². The summed E-state index contributed by atoms with van der Waals surface area (Å²) < 4.78 is 0. The van der Waals surface area contributed by atoms with Crippen LogP contribution in [0.3, 0.4) is 0 Å². The molecule has 0 atom stereocenters. The molecular formula is C16H14S. The van der Waals surface area contributed by atoms with Crippen molar-refractivity contribution in [3.63, 3.8) is 0 Å². The maximum atomic E-state index is 3.20. The van der Waals surface area contributed by atoms with E-state index in [1.807, 2.05) is 18.2 Å². The Bertz CT molecular complexity index is 532. The molecule has 0 nitrogen and oxygen atoms in total. The molecule has 0 radical (unpaired) electrons. The molecule has 0 amide bonds. The van der Waals surface area contributed by atoms with Gasteiger partial charge in [-0.25, -0.2) is 0 Å². The number of hydrogen-bond donors (Lipinski definition) is 0. The van der Waals surface area contributed by atoms with E-state index in [9.17, 15) is 0 Å². The van der Waals surface area contributed by atoms with Gasteiger partial charge < -0.3 is 0 Å². The van der Waals surface area contributed by atoms with Crippen LogP contribution in [0.2, 0.25) is 0 Å². The van der Waals surface area contributed by atoms with Crippen LogP contribution in [0.1, 0.15) is 16.7 Å². The Labute approximate surface area is 107 Å². The lowest BCUT2D eigenvalue weighted by molar-refractivity contribution is 1.42. The molecule has 1 heteroatoms. The predicted octanol–water partition coefficient (Wildman–Crippen LogP) is 4.24. The van der Waals surface area contributed by atoms with Gasteiger partial charge in [0.1, 0.15) is 0 Å². The van der Waals surface area contributed by atoms with E-state index in [2.05, 4.69) is 54.5 Å². The van der Waals surface area contributed by atoms with Crippen LogP contribution in [-0.2, 0) is 5.75 Å². The first kappa shape index (κ1) is 11.8. The van der Waals surface area contributed by atoms with E-state index in [-0.39, 0.29) is 0 Å². The van der Waals surface area contributed by atoms with Crippen LogP contribution >= 0.6 is 11.8 Å². The Balaban J connectivity index is 1.94. The molecule has 0 saturated heterocycles. The summed E-state index contributed by atoms with van der Waals surface area (Å²) in [7, 11) is 0. The second-order valence-electron chi connectivity index (χ2n) is 3.82. The van der Waals surface area contributed by atoms with Crippen LogP contribution in [-0.4, -0.2) is 0 Å². The number of hydrogen-bond acceptors (Lipinski definition) is 1. The van der Waals surface area contributed by atoms with Gasteiger partial charge in [0.25, 0.3) is 0 Å². The van der Waals surface area contributed by atoms with Crippen LogP contribution in [0.5, 0.6) is 0 Å². The summed E-state index contributed by atoms with van der Waals surface area (Å²) >= 11 is 1.65. The van der Waals surface area contributed by atoms with Crippen LogP contribution in [0.25, 0.3) is 0 Å². The van der Waals surface area contributed by atoms with Crippen molar-refractivity contribution in [3.05, 3.63) is 71.3 Å². The third-order valence-electron chi connectivity index (χ3n) is 2.48. The zero-order valence-corrected chi connectivity index (χ0v) is 10.6. The molecule has 2 rings (SSSR count). The second kappa shape index (κ2) is 6.18. The lowest BCUT2D eigenvalue weighted by Gasteiger charge is -1.96. The lowest BCUT2D eigenvalue weighted by Crippen LogP contribution is -1.79. The Morgan fingerprint density at radius 2 is 1.65 bits per heavy atom. The minimum absolute atomic E-state index is 0.944. The fourth-order valence-electron chi connectivity index (χ4n) is 1.50. The highest BCUT2D eigenvalue weighted by molar-refractivity contribution is 8.03. The fraction of sp³-hybridized carbons (Fsp3) is 0.125. The Morgan fingerprint density at radius 1 is 0.941 bits per heavy atom. The van der Waals surface area contributed by atoms with Gasteiger partial charge in [0, 0.05) is 11.3 Å². The van der Waals surface area contributed by atoms with Crippen molar-refractivity contribution in [2.75, 3.05) is 0 Å². The van der Waals surface area contributed by atoms with Gasteiger partial charge in [0.05, 0.1) is 0 Å². The molecule has 0 heterocycles. The molecule has 0 bridgehead atoms. The maximum Gasteiger partial charge on any atom is 0.0308 e. The first-order valence-electron chi connectivity index (χ1n) is 5.58. The first-order valence-corrected chi connectivity index (χ1v) is 6.57. The van der Waals surface area contributed by atoms with Crippen molar-refractivity contribution in [3.8, 4) is 11.2 Å². The summed E-state index contributed by atoms with van der Waals surface area (Å²) in [6, 6.07) is 18.6. The molecule has 0 aliphatic carbocycles. The Hall–Kier alpha value is -1.65. The average molecular weight is 238 g/mol. The molecule has 0 aliphatic heterocycles. The molecule has 2 aromatic carbocycles. The monoisotopic (exact) mass is 238 g/mol. The van der Waals surface area contributed by atoms with Crippen molar-refractivity contribution in [2.24, 2.45) is 0 Å². The minimum atomic E-state index is 0.944. The largest absolute Gasteiger partial charge is 0.0699 e. The van der Waals surface area contributed by atoms with E-state index in [4.69, 9.17) is 0 Å². The molecule has 0 spiro atoms. The third-order valence-corrected chi connectivity index (χ3v) is 3.21. The van der Waals surface area contributed by atoms with E-state index in [1.165, 1.54) is 11.1 Å². The normalized spacial score (nSPS) is 9.47. The smallest absolute Gasteiger partial charge is 0.0308 e. The number of aryl methyl sites for hydroxylation is 1. The van der Waals surface area contributed by atoms with Crippen molar-refractivity contribution in [1.82, 2.24) is 0 Å². The highest BCUT2D eigenvalue weighted by atomic mass is 32.2. The fourth-order valence-corrected chi connectivity index (χ4v) is 2.11. The molecule has 84 valence electrons. The second-order valence-corrected chi connectivity index (χ2v) is 4.60. The quantitative estimate of drug-likeness (QED) is 0.705. The van der Waals surface area contributed by atoms with Crippen molar-refractivity contribution < 1.29 is 0 Å². The molecule has 2 aromatic rings. The van der Waals surface area contributed by atoms with Crippen molar-refractivity contribution in [2.45, 2.75) is 12.7 Å². The summed E-state index contributed by atoms with van der Waals surface area (Å²) in [5.74, 6) is 4.14. The molecule has 0 N–H and O–H groups in total. The summed E-state index contributed by atoms with van der Waals surface area (Å²) in [6.07, 6.45) is 0. The van der Waals surface area contributed by atoms with E-state index in [1.54, 1.807) is 11.8 Å². The molecular weight excluding hydrogens is 224 g/mol. The summed E-state index contributed by atoms with van der Waals surface area (Å²) in [5.41, 5.74) is 3.67. The minimum Gasteiger partial charge on any atom is -0.0699 e. The van der Waals surface area contributed by atoms with Gasteiger partial charge in [-0.1, -0.05) is 66.2 Å². The number of benzene rings is 2. The zero-order valence-electron chi connectivity index (χ0n) is 9.81. The topological polar surface area (TPSA) is 0 Å². The van der Waals surface area contributed by atoms with Crippen molar-refractivity contribution in [1.29, 1.82) is 0 Å². The van der Waals surface area contributed by atoms with Crippen molar-refractivity contribution >= 4 is 11.8 Å². The SMILES string of the molecule is Cc1ccccc1C#CSCc1ccccc1. The van der Waals surface area contributed by atoms with Crippen LogP contribution in [0, 0.1) is 18.1 Å². The molecule has 17 heavy (non-hydrogen) atoms. The third kappa shape index (κ3) is 3.69. The highest BCUT2D eigenvalue weighted by Gasteiger charge is 1.91. The van der Waals surface area contributed by atoms with E-state index in [0.29, 0.717) is 0 Å². The zero-order chi connectivity index (χ0) is 11.9. The Kier molecular flexibility index (Phi) is 4.30. The van der Waals surface area contributed by atoms with E-state index >= 15 is 0 Å². The summed E-state index contributed by atoms with van der Waals surface area (Å²) in [4.78, 5) is 0. The Morgan fingerprint density at radius 3 is 2.41 bits per heavy atom. The summed E-state index contributed by atoms with van der Waals surface area (Å²) in [6.45, 7) is 2.09. The molecule has 0 aromatic heterocycles. The van der Waals surface area contributed by atoms with E-state index < -0.39 is 0 Å². The first-order chi connectivity index (χ1) is 8.36. The van der Waals surface area contributed by atoms with Crippen LogP contribution in [0.4, 0.5) is 0 Å². The average Bonchev–Trinajstić information content (AvgIpc) is 2.38. The number of rotatable bonds is 2. The van der Waals surface area contributed by atoms with Gasteiger partial charge in [-0.15, -0.1) is 0 Å². The lowest BCUT2D eigenvalue weighted by atomic mass is 10.1. The number of thioether (sulfide) groups is 1. The van der Waals surface area contributed by atoms with Crippen LogP contribution < -0.4 is 0 Å². The van der Waals surface area contributed by atoms with Gasteiger partial charge in [-0.3, -0.25) is 0 Å². The maximum absolute atomic E-state index is 3.20. The van der Waals surface area contributed by atoms with Gasteiger partial charge in [-0.2, -0.15) is 0 Å². The molecule has 0 unspecified atom stereocenters.